The molecule has 1 aromatic heterocycles. The molecule has 94 valence electrons. The molecule has 0 bridgehead atoms. The summed E-state index contributed by atoms with van der Waals surface area (Å²) in [5.41, 5.74) is 1.55. The fraction of sp³-hybridized carbons (Fsp3) is 0.167. The normalized spacial score (nSPS) is 10.4. The summed E-state index contributed by atoms with van der Waals surface area (Å²) < 4.78 is 13.1. The van der Waals surface area contributed by atoms with Crippen LogP contribution in [0.1, 0.15) is 21.6 Å². The molecule has 0 unspecified atom stereocenters. The van der Waals surface area contributed by atoms with Crippen LogP contribution in [-0.4, -0.2) is 10.9 Å². The van der Waals surface area contributed by atoms with E-state index >= 15 is 0 Å². The molecule has 0 saturated carbocycles. The fourth-order valence-corrected chi connectivity index (χ4v) is 2.31. The highest BCUT2D eigenvalue weighted by atomic mass is 35.5. The summed E-state index contributed by atoms with van der Waals surface area (Å²) >= 11 is 6.92. The van der Waals surface area contributed by atoms with E-state index in [2.05, 4.69) is 10.3 Å². The Morgan fingerprint density at radius 1 is 1.56 bits per heavy atom. The summed E-state index contributed by atoms with van der Waals surface area (Å²) in [6, 6.07) is 4.21. The standard InChI is InChI=1S/C12H10ClFN2OS/c1-7-4-8(2-3-10(7)14)11(17)16-12-15-9(5-13)6-18-12/h2-4,6H,5H2,1H3,(H,15,16,17). The van der Waals surface area contributed by atoms with Gasteiger partial charge in [0.15, 0.2) is 5.13 Å². The molecule has 1 aromatic carbocycles. The van der Waals surface area contributed by atoms with Crippen molar-refractivity contribution in [3.8, 4) is 0 Å². The Hall–Kier alpha value is -1.46. The first-order chi connectivity index (χ1) is 8.60. The van der Waals surface area contributed by atoms with Crippen LogP contribution in [0.3, 0.4) is 0 Å². The largest absolute Gasteiger partial charge is 0.298 e. The number of aromatic nitrogens is 1. The maximum Gasteiger partial charge on any atom is 0.257 e. The van der Waals surface area contributed by atoms with E-state index in [-0.39, 0.29) is 11.7 Å². The molecule has 0 spiro atoms. The molecule has 0 radical (unpaired) electrons. The number of halogens is 2. The van der Waals surface area contributed by atoms with Gasteiger partial charge in [-0.2, -0.15) is 0 Å². The summed E-state index contributed by atoms with van der Waals surface area (Å²) in [5.74, 6) is -0.332. The maximum atomic E-state index is 13.1. The number of rotatable bonds is 3. The molecule has 0 saturated heterocycles. The van der Waals surface area contributed by atoms with Gasteiger partial charge in [0.2, 0.25) is 0 Å². The van der Waals surface area contributed by atoms with Gasteiger partial charge in [0.1, 0.15) is 5.82 Å². The Morgan fingerprint density at radius 3 is 2.94 bits per heavy atom. The molecule has 2 rings (SSSR count). The van der Waals surface area contributed by atoms with Gasteiger partial charge in [0, 0.05) is 10.9 Å². The Balaban J connectivity index is 2.14. The van der Waals surface area contributed by atoms with Crippen molar-refractivity contribution in [2.75, 3.05) is 5.32 Å². The molecule has 18 heavy (non-hydrogen) atoms. The smallest absolute Gasteiger partial charge is 0.257 e. The molecule has 1 N–H and O–H groups in total. The van der Waals surface area contributed by atoms with Crippen molar-refractivity contribution < 1.29 is 9.18 Å². The molecule has 1 amide bonds. The minimum absolute atomic E-state index is 0.308. The van der Waals surface area contributed by atoms with Crippen LogP contribution in [0.2, 0.25) is 0 Å². The number of anilines is 1. The first-order valence-electron chi connectivity index (χ1n) is 5.18. The third-order valence-corrected chi connectivity index (χ3v) is 3.41. The van der Waals surface area contributed by atoms with Crippen molar-refractivity contribution in [3.63, 3.8) is 0 Å². The first-order valence-corrected chi connectivity index (χ1v) is 6.59. The zero-order valence-corrected chi connectivity index (χ0v) is 11.1. The zero-order chi connectivity index (χ0) is 13.1. The molecular formula is C12H10ClFN2OS. The monoisotopic (exact) mass is 284 g/mol. The van der Waals surface area contributed by atoms with Crippen LogP contribution in [0.5, 0.6) is 0 Å². The van der Waals surface area contributed by atoms with E-state index in [1.54, 1.807) is 12.3 Å². The molecule has 0 aliphatic heterocycles. The van der Waals surface area contributed by atoms with Gasteiger partial charge in [-0.15, -0.1) is 22.9 Å². The number of nitrogens with zero attached hydrogens (tertiary/aromatic N) is 1. The third-order valence-electron chi connectivity index (χ3n) is 2.33. The highest BCUT2D eigenvalue weighted by Gasteiger charge is 2.10. The van der Waals surface area contributed by atoms with Gasteiger partial charge in [-0.1, -0.05) is 0 Å². The number of alkyl halides is 1. The predicted molar refractivity (Wildman–Crippen MR) is 70.8 cm³/mol. The summed E-state index contributed by atoms with van der Waals surface area (Å²) in [4.78, 5) is 16.0. The average Bonchev–Trinajstić information content (AvgIpc) is 2.80. The SMILES string of the molecule is Cc1cc(C(=O)Nc2nc(CCl)cs2)ccc1F. The van der Waals surface area contributed by atoms with Crippen molar-refractivity contribution in [1.29, 1.82) is 0 Å². The number of hydrogen-bond acceptors (Lipinski definition) is 3. The van der Waals surface area contributed by atoms with Gasteiger partial charge in [0.25, 0.3) is 5.91 Å². The van der Waals surface area contributed by atoms with Crippen LogP contribution in [0, 0.1) is 12.7 Å². The number of amides is 1. The minimum atomic E-state index is -0.328. The zero-order valence-electron chi connectivity index (χ0n) is 9.54. The van der Waals surface area contributed by atoms with Gasteiger partial charge >= 0.3 is 0 Å². The number of benzene rings is 1. The summed E-state index contributed by atoms with van der Waals surface area (Å²) in [5, 5.41) is 4.91. The lowest BCUT2D eigenvalue weighted by molar-refractivity contribution is 0.102. The second kappa shape index (κ2) is 5.46. The third kappa shape index (κ3) is 2.86. The lowest BCUT2D eigenvalue weighted by Crippen LogP contribution is -2.12. The molecule has 0 fully saturated rings. The van der Waals surface area contributed by atoms with E-state index in [1.165, 1.54) is 29.5 Å². The van der Waals surface area contributed by atoms with Gasteiger partial charge in [-0.05, 0) is 30.7 Å². The fourth-order valence-electron chi connectivity index (χ4n) is 1.38. The molecule has 6 heteroatoms. The van der Waals surface area contributed by atoms with Gasteiger partial charge < -0.3 is 0 Å². The van der Waals surface area contributed by atoms with Crippen LogP contribution < -0.4 is 5.32 Å². The second-order valence-corrected chi connectivity index (χ2v) is 4.82. The molecule has 2 aromatic rings. The first kappa shape index (κ1) is 13.0. The maximum absolute atomic E-state index is 13.1. The van der Waals surface area contributed by atoms with Crippen molar-refractivity contribution >= 4 is 34.0 Å². The Bertz CT molecular complexity index is 585. The topological polar surface area (TPSA) is 42.0 Å². The number of nitrogens with one attached hydrogen (secondary N) is 1. The highest BCUT2D eigenvalue weighted by Crippen LogP contribution is 2.18. The Labute approximate surface area is 113 Å². The van der Waals surface area contributed by atoms with Crippen LogP contribution in [-0.2, 0) is 5.88 Å². The van der Waals surface area contributed by atoms with Crippen molar-refractivity contribution in [3.05, 3.63) is 46.2 Å². The molecule has 0 atom stereocenters. The summed E-state index contributed by atoms with van der Waals surface area (Å²) in [6.07, 6.45) is 0. The average molecular weight is 285 g/mol. The lowest BCUT2D eigenvalue weighted by Gasteiger charge is -2.03. The number of hydrogen-bond donors (Lipinski definition) is 1. The molecule has 0 aliphatic rings. The van der Waals surface area contributed by atoms with Crippen molar-refractivity contribution in [2.24, 2.45) is 0 Å². The highest BCUT2D eigenvalue weighted by molar-refractivity contribution is 7.14. The van der Waals surface area contributed by atoms with E-state index in [4.69, 9.17) is 11.6 Å². The number of carbonyl (C=O) groups excluding carboxylic acids is 1. The summed E-state index contributed by atoms with van der Waals surface area (Å²) in [6.45, 7) is 1.61. The number of carbonyl (C=O) groups is 1. The van der Waals surface area contributed by atoms with Crippen molar-refractivity contribution in [1.82, 2.24) is 4.98 Å². The molecule has 3 nitrogen and oxygen atoms in total. The Kier molecular flexibility index (Phi) is 3.93. The van der Waals surface area contributed by atoms with E-state index in [0.29, 0.717) is 27.8 Å². The second-order valence-electron chi connectivity index (χ2n) is 3.70. The van der Waals surface area contributed by atoms with Gasteiger partial charge in [-0.3, -0.25) is 10.1 Å². The van der Waals surface area contributed by atoms with Gasteiger partial charge in [0.05, 0.1) is 11.6 Å². The number of thiazole rings is 1. The Morgan fingerprint density at radius 2 is 2.33 bits per heavy atom. The quantitative estimate of drug-likeness (QED) is 0.875. The predicted octanol–water partition coefficient (Wildman–Crippen LogP) is 3.58. The van der Waals surface area contributed by atoms with Crippen LogP contribution in [0.4, 0.5) is 9.52 Å². The molecule has 0 aliphatic carbocycles. The van der Waals surface area contributed by atoms with Gasteiger partial charge in [-0.25, -0.2) is 9.37 Å². The molecular weight excluding hydrogens is 275 g/mol. The van der Waals surface area contributed by atoms with E-state index in [9.17, 15) is 9.18 Å². The van der Waals surface area contributed by atoms with E-state index < -0.39 is 0 Å². The number of aryl methyl sites for hydroxylation is 1. The summed E-state index contributed by atoms with van der Waals surface area (Å²) in [7, 11) is 0. The molecule has 1 heterocycles. The van der Waals surface area contributed by atoms with E-state index in [1.807, 2.05) is 0 Å². The van der Waals surface area contributed by atoms with Crippen molar-refractivity contribution in [2.45, 2.75) is 12.8 Å². The minimum Gasteiger partial charge on any atom is -0.298 e. The lowest BCUT2D eigenvalue weighted by atomic mass is 10.1. The van der Waals surface area contributed by atoms with Crippen LogP contribution >= 0.6 is 22.9 Å². The van der Waals surface area contributed by atoms with Crippen LogP contribution in [0.25, 0.3) is 0 Å². The van der Waals surface area contributed by atoms with E-state index in [0.717, 1.165) is 0 Å². The van der Waals surface area contributed by atoms with Crippen LogP contribution in [0.15, 0.2) is 23.6 Å².